The lowest BCUT2D eigenvalue weighted by Gasteiger charge is -2.09. The van der Waals surface area contributed by atoms with Crippen molar-refractivity contribution in [3.63, 3.8) is 0 Å². The fourth-order valence-electron chi connectivity index (χ4n) is 1.87. The summed E-state index contributed by atoms with van der Waals surface area (Å²) in [4.78, 5) is 0. The van der Waals surface area contributed by atoms with Crippen molar-refractivity contribution in [2.45, 2.75) is 5.75 Å². The zero-order chi connectivity index (χ0) is 13.2. The van der Waals surface area contributed by atoms with Crippen LogP contribution in [0.4, 0.5) is 0 Å². The maximum atomic E-state index is 11.4. The maximum Gasteiger partial charge on any atom is 0.151 e. The maximum absolute atomic E-state index is 11.4. The summed E-state index contributed by atoms with van der Waals surface area (Å²) in [5, 5.41) is 0.640. The summed E-state index contributed by atoms with van der Waals surface area (Å²) in [5.74, 6) is 0.0374. The topological polar surface area (TPSA) is 34.1 Å². The van der Waals surface area contributed by atoms with Gasteiger partial charge in [-0.3, -0.25) is 0 Å². The summed E-state index contributed by atoms with van der Waals surface area (Å²) >= 11 is 5.96. The number of halogens is 1. The SMILES string of the molecule is CS(=O)(=O)Cc1ccccc1-c1cccc(Cl)c1. The predicted molar refractivity (Wildman–Crippen MR) is 75.4 cm³/mol. The molecule has 2 nitrogen and oxygen atoms in total. The van der Waals surface area contributed by atoms with Crippen LogP contribution in [0.3, 0.4) is 0 Å². The van der Waals surface area contributed by atoms with E-state index in [1.54, 1.807) is 6.07 Å². The van der Waals surface area contributed by atoms with E-state index in [0.29, 0.717) is 5.02 Å². The van der Waals surface area contributed by atoms with Crippen molar-refractivity contribution in [1.82, 2.24) is 0 Å². The highest BCUT2D eigenvalue weighted by molar-refractivity contribution is 7.89. The van der Waals surface area contributed by atoms with Crippen molar-refractivity contribution in [2.75, 3.05) is 6.26 Å². The molecule has 18 heavy (non-hydrogen) atoms. The van der Waals surface area contributed by atoms with Crippen molar-refractivity contribution in [3.8, 4) is 11.1 Å². The van der Waals surface area contributed by atoms with Gasteiger partial charge in [0, 0.05) is 11.3 Å². The van der Waals surface area contributed by atoms with Crippen molar-refractivity contribution in [2.24, 2.45) is 0 Å². The van der Waals surface area contributed by atoms with Crippen LogP contribution in [0.5, 0.6) is 0 Å². The fraction of sp³-hybridized carbons (Fsp3) is 0.143. The predicted octanol–water partition coefficient (Wildman–Crippen LogP) is 3.55. The number of hydrogen-bond donors (Lipinski definition) is 0. The van der Waals surface area contributed by atoms with Gasteiger partial charge in [-0.05, 0) is 28.8 Å². The van der Waals surface area contributed by atoms with E-state index in [0.717, 1.165) is 16.7 Å². The average Bonchev–Trinajstić information content (AvgIpc) is 2.27. The third-order valence-corrected chi connectivity index (χ3v) is 3.64. The Hall–Kier alpha value is -1.32. The zero-order valence-corrected chi connectivity index (χ0v) is 11.5. The van der Waals surface area contributed by atoms with Crippen LogP contribution in [-0.4, -0.2) is 14.7 Å². The summed E-state index contributed by atoms with van der Waals surface area (Å²) in [7, 11) is -3.05. The highest BCUT2D eigenvalue weighted by atomic mass is 35.5. The molecular weight excluding hydrogens is 268 g/mol. The third kappa shape index (κ3) is 3.34. The molecule has 0 spiro atoms. The van der Waals surface area contributed by atoms with Crippen LogP contribution in [0.1, 0.15) is 5.56 Å². The molecule has 0 saturated carbocycles. The molecule has 0 aliphatic carbocycles. The Kier molecular flexibility index (Phi) is 3.73. The minimum Gasteiger partial charge on any atom is -0.229 e. The van der Waals surface area contributed by atoms with Gasteiger partial charge in [-0.1, -0.05) is 48.0 Å². The second-order valence-corrected chi connectivity index (χ2v) is 6.81. The van der Waals surface area contributed by atoms with E-state index in [9.17, 15) is 8.42 Å². The first kappa shape index (κ1) is 13.1. The second-order valence-electron chi connectivity index (χ2n) is 4.24. The molecule has 0 saturated heterocycles. The Morgan fingerprint density at radius 3 is 2.44 bits per heavy atom. The van der Waals surface area contributed by atoms with Gasteiger partial charge in [0.1, 0.15) is 0 Å². The molecule has 0 aliphatic heterocycles. The number of rotatable bonds is 3. The van der Waals surface area contributed by atoms with Crippen LogP contribution in [-0.2, 0) is 15.6 Å². The summed E-state index contributed by atoms with van der Waals surface area (Å²) in [6.45, 7) is 0. The summed E-state index contributed by atoms with van der Waals surface area (Å²) in [6, 6.07) is 14.9. The zero-order valence-electron chi connectivity index (χ0n) is 9.93. The Morgan fingerprint density at radius 2 is 1.78 bits per heavy atom. The lowest BCUT2D eigenvalue weighted by atomic mass is 10.0. The monoisotopic (exact) mass is 280 g/mol. The van der Waals surface area contributed by atoms with Crippen LogP contribution in [0, 0.1) is 0 Å². The van der Waals surface area contributed by atoms with E-state index in [1.807, 2.05) is 42.5 Å². The molecule has 0 aliphatic rings. The fourth-order valence-corrected chi connectivity index (χ4v) is 2.87. The molecular formula is C14H13ClO2S. The molecule has 0 unspecified atom stereocenters. The van der Waals surface area contributed by atoms with Crippen LogP contribution in [0.2, 0.25) is 5.02 Å². The molecule has 2 aromatic rings. The van der Waals surface area contributed by atoms with E-state index < -0.39 is 9.84 Å². The molecule has 2 rings (SSSR count). The van der Waals surface area contributed by atoms with E-state index in [2.05, 4.69) is 0 Å². The first-order chi connectivity index (χ1) is 8.46. The molecule has 0 fully saturated rings. The van der Waals surface area contributed by atoms with Gasteiger partial charge in [-0.2, -0.15) is 0 Å². The van der Waals surface area contributed by atoms with Gasteiger partial charge in [-0.25, -0.2) is 8.42 Å². The quantitative estimate of drug-likeness (QED) is 0.862. The summed E-state index contributed by atoms with van der Waals surface area (Å²) in [6.07, 6.45) is 1.24. The van der Waals surface area contributed by atoms with Crippen LogP contribution >= 0.6 is 11.6 Å². The van der Waals surface area contributed by atoms with Crippen LogP contribution < -0.4 is 0 Å². The molecule has 0 radical (unpaired) electrons. The van der Waals surface area contributed by atoms with E-state index >= 15 is 0 Å². The van der Waals surface area contributed by atoms with Gasteiger partial charge in [0.15, 0.2) is 9.84 Å². The Bertz CT molecular complexity index is 663. The molecule has 2 aromatic carbocycles. The molecule has 0 heterocycles. The first-order valence-corrected chi connectivity index (χ1v) is 7.91. The highest BCUT2D eigenvalue weighted by Crippen LogP contribution is 2.27. The summed E-state index contributed by atoms with van der Waals surface area (Å²) in [5.41, 5.74) is 2.63. The minimum absolute atomic E-state index is 0.0374. The molecule has 0 aromatic heterocycles. The second kappa shape index (κ2) is 5.12. The lowest BCUT2D eigenvalue weighted by molar-refractivity contribution is 0.601. The molecule has 0 atom stereocenters. The van der Waals surface area contributed by atoms with Crippen molar-refractivity contribution < 1.29 is 8.42 Å². The van der Waals surface area contributed by atoms with Gasteiger partial charge in [0.2, 0.25) is 0 Å². The standard InChI is InChI=1S/C14H13ClO2S/c1-18(16,17)10-12-5-2-3-8-14(12)11-6-4-7-13(15)9-11/h2-9H,10H2,1H3. The van der Waals surface area contributed by atoms with Crippen molar-refractivity contribution in [3.05, 3.63) is 59.1 Å². The molecule has 0 bridgehead atoms. The Morgan fingerprint density at radius 1 is 1.06 bits per heavy atom. The minimum atomic E-state index is -3.05. The average molecular weight is 281 g/mol. The lowest BCUT2D eigenvalue weighted by Crippen LogP contribution is -2.02. The molecule has 94 valence electrons. The summed E-state index contributed by atoms with van der Waals surface area (Å²) < 4.78 is 22.9. The van der Waals surface area contributed by atoms with Gasteiger partial charge >= 0.3 is 0 Å². The van der Waals surface area contributed by atoms with E-state index in [-0.39, 0.29) is 5.75 Å². The van der Waals surface area contributed by atoms with Crippen molar-refractivity contribution in [1.29, 1.82) is 0 Å². The normalized spacial score (nSPS) is 11.4. The van der Waals surface area contributed by atoms with Gasteiger partial charge in [0.05, 0.1) is 5.75 Å². The number of benzene rings is 2. The highest BCUT2D eigenvalue weighted by Gasteiger charge is 2.10. The van der Waals surface area contributed by atoms with Crippen molar-refractivity contribution >= 4 is 21.4 Å². The Balaban J connectivity index is 2.51. The van der Waals surface area contributed by atoms with E-state index in [4.69, 9.17) is 11.6 Å². The third-order valence-electron chi connectivity index (χ3n) is 2.57. The van der Waals surface area contributed by atoms with E-state index in [1.165, 1.54) is 6.26 Å². The van der Waals surface area contributed by atoms with Gasteiger partial charge < -0.3 is 0 Å². The van der Waals surface area contributed by atoms with Gasteiger partial charge in [0.25, 0.3) is 0 Å². The first-order valence-electron chi connectivity index (χ1n) is 5.47. The number of hydrogen-bond acceptors (Lipinski definition) is 2. The molecule has 4 heteroatoms. The Labute approximate surface area is 112 Å². The largest absolute Gasteiger partial charge is 0.229 e. The number of sulfone groups is 1. The molecule has 0 amide bonds. The smallest absolute Gasteiger partial charge is 0.151 e. The molecule has 0 N–H and O–H groups in total. The van der Waals surface area contributed by atoms with Crippen LogP contribution in [0.25, 0.3) is 11.1 Å². The van der Waals surface area contributed by atoms with Crippen LogP contribution in [0.15, 0.2) is 48.5 Å². The van der Waals surface area contributed by atoms with Gasteiger partial charge in [-0.15, -0.1) is 0 Å².